The fourth-order valence-electron chi connectivity index (χ4n) is 4.99. The van der Waals surface area contributed by atoms with Crippen LogP contribution in [0.4, 0.5) is 0 Å². The van der Waals surface area contributed by atoms with Crippen LogP contribution in [-0.4, -0.2) is 48.8 Å². The van der Waals surface area contributed by atoms with Gasteiger partial charge in [0.1, 0.15) is 0 Å². The number of nitrogens with zero attached hydrogens (tertiary/aromatic N) is 5. The second-order valence-corrected chi connectivity index (χ2v) is 8.92. The summed E-state index contributed by atoms with van der Waals surface area (Å²) in [5.74, 6) is 0.843. The van der Waals surface area contributed by atoms with Gasteiger partial charge < -0.3 is 9.72 Å². The Morgan fingerprint density at radius 3 is 2.87 bits per heavy atom. The van der Waals surface area contributed by atoms with E-state index in [1.54, 1.807) is 0 Å². The molecule has 3 heterocycles. The molecule has 1 aromatic carbocycles. The SMILES string of the molecule is Cc1cccc2cc(CN(Cc3nnnn3C[C@H]3CCCO3)C3CCCC3)c(=O)[nH]c12. The van der Waals surface area contributed by atoms with Crippen LogP contribution >= 0.6 is 0 Å². The summed E-state index contributed by atoms with van der Waals surface area (Å²) in [6, 6.07) is 8.60. The van der Waals surface area contributed by atoms with Gasteiger partial charge in [0.05, 0.1) is 24.7 Å². The summed E-state index contributed by atoms with van der Waals surface area (Å²) in [6.07, 6.45) is 7.10. The molecule has 0 amide bonds. The third-order valence-corrected chi connectivity index (χ3v) is 6.73. The highest BCUT2D eigenvalue weighted by atomic mass is 16.5. The van der Waals surface area contributed by atoms with Crippen molar-refractivity contribution < 1.29 is 4.74 Å². The Bertz CT molecular complexity index is 1090. The lowest BCUT2D eigenvalue weighted by Gasteiger charge is -2.28. The highest BCUT2D eigenvalue weighted by Crippen LogP contribution is 2.26. The Kier molecular flexibility index (Phi) is 5.82. The van der Waals surface area contributed by atoms with Crippen molar-refractivity contribution in [1.82, 2.24) is 30.1 Å². The summed E-state index contributed by atoms with van der Waals surface area (Å²) >= 11 is 0. The Morgan fingerprint density at radius 2 is 2.06 bits per heavy atom. The number of rotatable bonds is 7. The van der Waals surface area contributed by atoms with E-state index in [1.165, 1.54) is 12.8 Å². The number of ether oxygens (including phenoxy) is 1. The number of nitrogens with one attached hydrogen (secondary N) is 1. The zero-order chi connectivity index (χ0) is 21.2. The van der Waals surface area contributed by atoms with Crippen molar-refractivity contribution >= 4 is 10.9 Å². The van der Waals surface area contributed by atoms with Crippen molar-refractivity contribution in [2.45, 2.75) is 77.2 Å². The van der Waals surface area contributed by atoms with Gasteiger partial charge in [0.2, 0.25) is 0 Å². The number of hydrogen-bond donors (Lipinski definition) is 1. The molecule has 0 unspecified atom stereocenters. The largest absolute Gasteiger partial charge is 0.376 e. The fraction of sp³-hybridized carbons (Fsp3) is 0.565. The molecular formula is C23H30N6O2. The van der Waals surface area contributed by atoms with E-state index in [4.69, 9.17) is 4.74 Å². The van der Waals surface area contributed by atoms with E-state index in [0.29, 0.717) is 25.7 Å². The number of aromatic amines is 1. The van der Waals surface area contributed by atoms with E-state index >= 15 is 0 Å². The van der Waals surface area contributed by atoms with Gasteiger partial charge in [-0.05, 0) is 60.0 Å². The van der Waals surface area contributed by atoms with Gasteiger partial charge in [-0.15, -0.1) is 5.10 Å². The van der Waals surface area contributed by atoms with Crippen molar-refractivity contribution in [2.75, 3.05) is 6.61 Å². The molecule has 1 aliphatic carbocycles. The average Bonchev–Trinajstić information content (AvgIpc) is 3.53. The summed E-state index contributed by atoms with van der Waals surface area (Å²) < 4.78 is 7.65. The van der Waals surface area contributed by atoms with Crippen LogP contribution in [0.1, 0.15) is 55.5 Å². The average molecular weight is 423 g/mol. The van der Waals surface area contributed by atoms with Gasteiger partial charge in [-0.25, -0.2) is 4.68 Å². The van der Waals surface area contributed by atoms with Crippen LogP contribution in [0.3, 0.4) is 0 Å². The van der Waals surface area contributed by atoms with Crippen LogP contribution in [0.5, 0.6) is 0 Å². The Morgan fingerprint density at radius 1 is 1.19 bits per heavy atom. The standard InChI is InChI=1S/C23H30N6O2/c1-16-6-4-7-17-12-18(23(30)24-22(16)17)13-28(19-8-2-3-9-19)15-21-25-26-27-29(21)14-20-10-5-11-31-20/h4,6-7,12,19-20H,2-3,5,8-11,13-15H2,1H3,(H,24,30)/t20-/m1/s1. The molecule has 0 radical (unpaired) electrons. The summed E-state index contributed by atoms with van der Waals surface area (Å²) in [6.45, 7) is 4.76. The van der Waals surface area contributed by atoms with Crippen molar-refractivity contribution in [3.05, 3.63) is 51.6 Å². The first-order valence-corrected chi connectivity index (χ1v) is 11.4. The van der Waals surface area contributed by atoms with E-state index in [-0.39, 0.29) is 11.7 Å². The van der Waals surface area contributed by atoms with Crippen LogP contribution < -0.4 is 5.56 Å². The number of para-hydroxylation sites is 1. The number of hydrogen-bond acceptors (Lipinski definition) is 6. The first-order chi connectivity index (χ1) is 15.2. The maximum atomic E-state index is 12.9. The number of aromatic nitrogens is 5. The topological polar surface area (TPSA) is 88.9 Å². The second-order valence-electron chi connectivity index (χ2n) is 8.92. The minimum Gasteiger partial charge on any atom is -0.376 e. The van der Waals surface area contributed by atoms with Gasteiger partial charge in [-0.1, -0.05) is 31.0 Å². The summed E-state index contributed by atoms with van der Waals surface area (Å²) in [7, 11) is 0. The number of pyridine rings is 1. The number of benzene rings is 1. The molecule has 2 aliphatic rings. The molecule has 0 spiro atoms. The van der Waals surface area contributed by atoms with Gasteiger partial charge in [0.25, 0.3) is 5.56 Å². The molecule has 1 N–H and O–H groups in total. The van der Waals surface area contributed by atoms with Gasteiger partial charge in [-0.2, -0.15) is 0 Å². The second kappa shape index (κ2) is 8.88. The maximum Gasteiger partial charge on any atom is 0.252 e. The third-order valence-electron chi connectivity index (χ3n) is 6.73. The fourth-order valence-corrected chi connectivity index (χ4v) is 4.99. The molecule has 0 bridgehead atoms. The predicted octanol–water partition coefficient (Wildman–Crippen LogP) is 2.95. The van der Waals surface area contributed by atoms with Crippen LogP contribution in [0.25, 0.3) is 10.9 Å². The monoisotopic (exact) mass is 422 g/mol. The molecule has 1 aliphatic heterocycles. The molecule has 31 heavy (non-hydrogen) atoms. The van der Waals surface area contributed by atoms with Crippen molar-refractivity contribution in [3.63, 3.8) is 0 Å². The molecule has 2 aromatic heterocycles. The van der Waals surface area contributed by atoms with E-state index in [2.05, 4.69) is 31.5 Å². The minimum absolute atomic E-state index is 0.0104. The first-order valence-electron chi connectivity index (χ1n) is 11.4. The lowest BCUT2D eigenvalue weighted by atomic mass is 10.1. The van der Waals surface area contributed by atoms with Crippen LogP contribution in [0, 0.1) is 6.92 Å². The number of H-pyrrole nitrogens is 1. The minimum atomic E-state index is -0.0104. The summed E-state index contributed by atoms with van der Waals surface area (Å²) in [5.41, 5.74) is 2.79. The van der Waals surface area contributed by atoms with E-state index in [0.717, 1.165) is 60.1 Å². The lowest BCUT2D eigenvalue weighted by Crippen LogP contribution is -2.35. The zero-order valence-electron chi connectivity index (χ0n) is 18.1. The van der Waals surface area contributed by atoms with Gasteiger partial charge in [-0.3, -0.25) is 9.69 Å². The van der Waals surface area contributed by atoms with Crippen molar-refractivity contribution in [2.24, 2.45) is 0 Å². The third kappa shape index (κ3) is 4.41. The van der Waals surface area contributed by atoms with Crippen LogP contribution in [0.2, 0.25) is 0 Å². The Labute approximate surface area is 181 Å². The molecule has 8 nitrogen and oxygen atoms in total. The smallest absolute Gasteiger partial charge is 0.252 e. The van der Waals surface area contributed by atoms with Crippen LogP contribution in [0.15, 0.2) is 29.1 Å². The molecule has 1 saturated carbocycles. The molecule has 2 fully saturated rings. The molecule has 164 valence electrons. The molecule has 8 heteroatoms. The normalized spacial score (nSPS) is 19.7. The highest BCUT2D eigenvalue weighted by molar-refractivity contribution is 5.81. The van der Waals surface area contributed by atoms with E-state index < -0.39 is 0 Å². The van der Waals surface area contributed by atoms with Gasteiger partial charge in [0.15, 0.2) is 5.82 Å². The Hall–Kier alpha value is -2.58. The molecule has 5 rings (SSSR count). The summed E-state index contributed by atoms with van der Waals surface area (Å²) in [5, 5.41) is 13.5. The van der Waals surface area contributed by atoms with E-state index in [9.17, 15) is 4.79 Å². The molecule has 1 atom stereocenters. The molecular weight excluding hydrogens is 392 g/mol. The van der Waals surface area contributed by atoms with Gasteiger partial charge in [0, 0.05) is 24.8 Å². The molecule has 3 aromatic rings. The lowest BCUT2D eigenvalue weighted by molar-refractivity contribution is 0.0906. The quantitative estimate of drug-likeness (QED) is 0.630. The number of aryl methyl sites for hydroxylation is 1. The number of fused-ring (bicyclic) bond motifs is 1. The van der Waals surface area contributed by atoms with Gasteiger partial charge >= 0.3 is 0 Å². The van der Waals surface area contributed by atoms with E-state index in [1.807, 2.05) is 29.8 Å². The maximum absolute atomic E-state index is 12.9. The zero-order valence-corrected chi connectivity index (χ0v) is 18.1. The van der Waals surface area contributed by atoms with Crippen molar-refractivity contribution in [1.29, 1.82) is 0 Å². The highest BCUT2D eigenvalue weighted by Gasteiger charge is 2.26. The number of tetrazole rings is 1. The molecule has 1 saturated heterocycles. The summed E-state index contributed by atoms with van der Waals surface area (Å²) in [4.78, 5) is 18.4. The Balaban J connectivity index is 1.40. The first kappa shape index (κ1) is 20.3. The van der Waals surface area contributed by atoms with Crippen molar-refractivity contribution in [3.8, 4) is 0 Å². The predicted molar refractivity (Wildman–Crippen MR) is 118 cm³/mol. The van der Waals surface area contributed by atoms with Crippen LogP contribution in [-0.2, 0) is 24.4 Å².